The number of nitrogens with zero attached hydrogens (tertiary/aromatic N) is 2. The van der Waals surface area contributed by atoms with Crippen molar-refractivity contribution in [2.45, 2.75) is 13.5 Å². The first-order valence-electron chi connectivity index (χ1n) is 6.40. The molecule has 0 aliphatic rings. The minimum absolute atomic E-state index is 0.252. The quantitative estimate of drug-likeness (QED) is 0.866. The van der Waals surface area contributed by atoms with Crippen molar-refractivity contribution >= 4 is 11.6 Å². The second-order valence-electron chi connectivity index (χ2n) is 4.29. The van der Waals surface area contributed by atoms with Crippen LogP contribution in [0.15, 0.2) is 30.5 Å². The second-order valence-corrected chi connectivity index (χ2v) is 4.29. The zero-order chi connectivity index (χ0) is 14.5. The number of nitrogens with two attached hydrogens (primary N) is 1. The van der Waals surface area contributed by atoms with Gasteiger partial charge in [0.1, 0.15) is 5.75 Å². The molecule has 106 valence electrons. The van der Waals surface area contributed by atoms with Gasteiger partial charge in [-0.05, 0) is 31.2 Å². The lowest BCUT2D eigenvalue weighted by Gasteiger charge is -2.11. The zero-order valence-electron chi connectivity index (χ0n) is 11.6. The number of hydrogen-bond donors (Lipinski definition) is 2. The molecule has 1 amide bonds. The van der Waals surface area contributed by atoms with E-state index in [1.54, 1.807) is 36.1 Å². The average molecular weight is 274 g/mol. The third-order valence-corrected chi connectivity index (χ3v) is 2.78. The minimum Gasteiger partial charge on any atom is -0.494 e. The van der Waals surface area contributed by atoms with E-state index < -0.39 is 0 Å². The van der Waals surface area contributed by atoms with Crippen LogP contribution in [-0.2, 0) is 13.6 Å². The van der Waals surface area contributed by atoms with E-state index in [2.05, 4.69) is 10.4 Å². The normalized spacial score (nSPS) is 10.3. The molecule has 1 aromatic carbocycles. The van der Waals surface area contributed by atoms with Gasteiger partial charge in [0.2, 0.25) is 0 Å². The van der Waals surface area contributed by atoms with Gasteiger partial charge in [0.25, 0.3) is 5.91 Å². The number of amides is 1. The summed E-state index contributed by atoms with van der Waals surface area (Å²) in [7, 11) is 1.76. The lowest BCUT2D eigenvalue weighted by atomic mass is 10.1. The molecule has 1 heterocycles. The highest BCUT2D eigenvalue weighted by Crippen LogP contribution is 2.22. The predicted molar refractivity (Wildman–Crippen MR) is 76.7 cm³/mol. The van der Waals surface area contributed by atoms with Crippen molar-refractivity contribution in [2.75, 3.05) is 11.9 Å². The Morgan fingerprint density at radius 3 is 2.85 bits per heavy atom. The van der Waals surface area contributed by atoms with Gasteiger partial charge < -0.3 is 15.8 Å². The van der Waals surface area contributed by atoms with E-state index in [1.807, 2.05) is 13.0 Å². The molecular formula is C14H18N4O2. The van der Waals surface area contributed by atoms with Gasteiger partial charge >= 0.3 is 0 Å². The molecule has 0 unspecified atom stereocenters. The van der Waals surface area contributed by atoms with Crippen molar-refractivity contribution in [3.05, 3.63) is 41.7 Å². The highest BCUT2D eigenvalue weighted by molar-refractivity contribution is 6.02. The van der Waals surface area contributed by atoms with Gasteiger partial charge in [-0.3, -0.25) is 9.48 Å². The Balaban J connectivity index is 2.15. The first-order valence-corrected chi connectivity index (χ1v) is 6.40. The molecule has 0 saturated heterocycles. The van der Waals surface area contributed by atoms with Crippen molar-refractivity contribution in [1.82, 2.24) is 9.78 Å². The summed E-state index contributed by atoms with van der Waals surface area (Å²) in [5.74, 6) is 0.489. The Morgan fingerprint density at radius 1 is 1.45 bits per heavy atom. The van der Waals surface area contributed by atoms with Gasteiger partial charge in [-0.25, -0.2) is 0 Å². The van der Waals surface area contributed by atoms with Crippen molar-refractivity contribution in [3.8, 4) is 5.75 Å². The molecule has 0 atom stereocenters. The van der Waals surface area contributed by atoms with Gasteiger partial charge in [-0.1, -0.05) is 0 Å². The van der Waals surface area contributed by atoms with Gasteiger partial charge in [-0.2, -0.15) is 5.10 Å². The van der Waals surface area contributed by atoms with Crippen molar-refractivity contribution in [1.29, 1.82) is 0 Å². The first-order chi connectivity index (χ1) is 9.63. The van der Waals surface area contributed by atoms with Crippen LogP contribution < -0.4 is 15.8 Å². The Labute approximate surface area is 117 Å². The van der Waals surface area contributed by atoms with E-state index >= 15 is 0 Å². The van der Waals surface area contributed by atoms with Crippen LogP contribution in [0.2, 0.25) is 0 Å². The highest BCUT2D eigenvalue weighted by atomic mass is 16.5. The maximum atomic E-state index is 12.0. The van der Waals surface area contributed by atoms with E-state index in [4.69, 9.17) is 10.5 Å². The van der Waals surface area contributed by atoms with Gasteiger partial charge in [0, 0.05) is 31.0 Å². The van der Waals surface area contributed by atoms with E-state index in [9.17, 15) is 4.79 Å². The van der Waals surface area contributed by atoms with Gasteiger partial charge in [-0.15, -0.1) is 0 Å². The minimum atomic E-state index is -0.252. The van der Waals surface area contributed by atoms with Crippen LogP contribution in [-0.4, -0.2) is 22.3 Å². The molecule has 6 nitrogen and oxygen atoms in total. The van der Waals surface area contributed by atoms with Crippen molar-refractivity contribution in [2.24, 2.45) is 12.8 Å². The molecule has 2 rings (SSSR count). The summed E-state index contributed by atoms with van der Waals surface area (Å²) < 4.78 is 7.05. The lowest BCUT2D eigenvalue weighted by molar-refractivity contribution is 0.102. The summed E-state index contributed by atoms with van der Waals surface area (Å²) in [6.07, 6.45) is 1.72. The van der Waals surface area contributed by atoms with E-state index in [1.165, 1.54) is 0 Å². The predicted octanol–water partition coefficient (Wildman–Crippen LogP) is 1.53. The van der Waals surface area contributed by atoms with Crippen LogP contribution in [0.5, 0.6) is 5.75 Å². The Bertz CT molecular complexity index is 607. The number of rotatable bonds is 5. The van der Waals surface area contributed by atoms with Crippen molar-refractivity contribution < 1.29 is 9.53 Å². The molecule has 0 spiro atoms. The summed E-state index contributed by atoms with van der Waals surface area (Å²) in [5, 5.41) is 6.84. The number of nitrogens with one attached hydrogen (secondary N) is 1. The zero-order valence-corrected chi connectivity index (χ0v) is 11.6. The summed E-state index contributed by atoms with van der Waals surface area (Å²) >= 11 is 0. The van der Waals surface area contributed by atoms with E-state index in [0.717, 1.165) is 11.3 Å². The number of carbonyl (C=O) groups excluding carboxylic acids is 1. The molecule has 3 N–H and O–H groups in total. The number of ether oxygens (including phenoxy) is 1. The largest absolute Gasteiger partial charge is 0.494 e. The molecular weight excluding hydrogens is 256 g/mol. The standard InChI is InChI=1S/C14H18N4O2/c1-3-20-13-5-4-11(8-10(13)9-15)16-14(19)12-6-7-18(2)17-12/h4-8H,3,9,15H2,1-2H3,(H,16,19). The number of carbonyl (C=O) groups is 1. The van der Waals surface area contributed by atoms with Crippen LogP contribution in [0.3, 0.4) is 0 Å². The van der Waals surface area contributed by atoms with E-state index in [-0.39, 0.29) is 5.91 Å². The number of aromatic nitrogens is 2. The molecule has 20 heavy (non-hydrogen) atoms. The van der Waals surface area contributed by atoms with Gasteiger partial charge in [0.15, 0.2) is 5.69 Å². The summed E-state index contributed by atoms with van der Waals surface area (Å²) in [6.45, 7) is 2.84. The average Bonchev–Trinajstić information content (AvgIpc) is 2.87. The van der Waals surface area contributed by atoms with Crippen LogP contribution in [0.4, 0.5) is 5.69 Å². The van der Waals surface area contributed by atoms with Crippen LogP contribution in [0, 0.1) is 0 Å². The summed E-state index contributed by atoms with van der Waals surface area (Å²) in [5.41, 5.74) is 7.58. The first kappa shape index (κ1) is 14.1. The third-order valence-electron chi connectivity index (χ3n) is 2.78. The van der Waals surface area contributed by atoms with Gasteiger partial charge in [0.05, 0.1) is 6.61 Å². The lowest BCUT2D eigenvalue weighted by Crippen LogP contribution is -2.13. The number of anilines is 1. The maximum absolute atomic E-state index is 12.0. The molecule has 0 aliphatic carbocycles. The Hall–Kier alpha value is -2.34. The molecule has 0 aliphatic heterocycles. The molecule has 0 fully saturated rings. The smallest absolute Gasteiger partial charge is 0.276 e. The maximum Gasteiger partial charge on any atom is 0.276 e. The fourth-order valence-electron chi connectivity index (χ4n) is 1.84. The molecule has 0 bridgehead atoms. The summed E-state index contributed by atoms with van der Waals surface area (Å²) in [4.78, 5) is 12.0. The number of benzene rings is 1. The SMILES string of the molecule is CCOc1ccc(NC(=O)c2ccn(C)n2)cc1CN. The van der Waals surface area contributed by atoms with E-state index in [0.29, 0.717) is 24.5 Å². The Morgan fingerprint density at radius 2 is 2.25 bits per heavy atom. The monoisotopic (exact) mass is 274 g/mol. The molecule has 6 heteroatoms. The van der Waals surface area contributed by atoms with Crippen LogP contribution in [0.25, 0.3) is 0 Å². The van der Waals surface area contributed by atoms with Crippen LogP contribution in [0.1, 0.15) is 23.0 Å². The fraction of sp³-hybridized carbons (Fsp3) is 0.286. The second kappa shape index (κ2) is 6.21. The molecule has 1 aromatic heterocycles. The van der Waals surface area contributed by atoms with Crippen molar-refractivity contribution in [3.63, 3.8) is 0 Å². The molecule has 0 radical (unpaired) electrons. The highest BCUT2D eigenvalue weighted by Gasteiger charge is 2.10. The Kier molecular flexibility index (Phi) is 4.37. The number of aryl methyl sites for hydroxylation is 1. The topological polar surface area (TPSA) is 82.2 Å². The third kappa shape index (κ3) is 3.16. The summed E-state index contributed by atoms with van der Waals surface area (Å²) in [6, 6.07) is 7.06. The number of hydrogen-bond acceptors (Lipinski definition) is 4. The fourth-order valence-corrected chi connectivity index (χ4v) is 1.84. The van der Waals surface area contributed by atoms with Crippen LogP contribution >= 0.6 is 0 Å². The molecule has 0 saturated carbocycles. The molecule has 2 aromatic rings.